The van der Waals surface area contributed by atoms with Crippen LogP contribution in [0.3, 0.4) is 0 Å². The second-order valence-corrected chi connectivity index (χ2v) is 12.0. The fourth-order valence-electron chi connectivity index (χ4n) is 7.34. The van der Waals surface area contributed by atoms with Crippen LogP contribution in [-0.4, -0.2) is 0 Å². The van der Waals surface area contributed by atoms with E-state index in [1.807, 2.05) is 109 Å². The van der Waals surface area contributed by atoms with Crippen molar-refractivity contribution >= 4 is 54.3 Å². The molecule has 0 aliphatic heterocycles. The van der Waals surface area contributed by atoms with E-state index < -0.39 is 24.2 Å². The molecule has 1 heterocycles. The molecule has 0 N–H and O–H groups in total. The molecule has 10 rings (SSSR count). The number of hydrogen-bond donors (Lipinski definition) is 0. The number of fused-ring (bicyclic) bond motifs is 7. The molecule has 0 unspecified atom stereocenters. The maximum atomic E-state index is 9.88. The third kappa shape index (κ3) is 4.26. The lowest BCUT2D eigenvalue weighted by atomic mass is 9.83. The number of furan rings is 1. The van der Waals surface area contributed by atoms with Crippen molar-refractivity contribution in [3.05, 3.63) is 182 Å². The highest BCUT2D eigenvalue weighted by Crippen LogP contribution is 2.49. The minimum atomic E-state index is -0.456. The third-order valence-electron chi connectivity index (χ3n) is 9.36. The van der Waals surface area contributed by atoms with Crippen LogP contribution in [0, 0.1) is 0 Å². The Morgan fingerprint density at radius 2 is 0.918 bits per heavy atom. The zero-order valence-corrected chi connectivity index (χ0v) is 26.0. The summed E-state index contributed by atoms with van der Waals surface area (Å²) in [6.45, 7) is 0. The average Bonchev–Trinajstić information content (AvgIpc) is 3.66. The van der Waals surface area contributed by atoms with Gasteiger partial charge >= 0.3 is 0 Å². The zero-order chi connectivity index (χ0) is 41.0. The van der Waals surface area contributed by atoms with Crippen molar-refractivity contribution in [2.45, 2.75) is 0 Å². The van der Waals surface area contributed by atoms with E-state index in [1.54, 1.807) is 12.1 Å². The van der Waals surface area contributed by atoms with Gasteiger partial charge in [0.15, 0.2) is 0 Å². The molecule has 49 heavy (non-hydrogen) atoms. The van der Waals surface area contributed by atoms with Gasteiger partial charge in [-0.05, 0) is 83.5 Å². The fourth-order valence-corrected chi connectivity index (χ4v) is 7.34. The number of benzene rings is 9. The first-order valence-electron chi connectivity index (χ1n) is 21.0. The summed E-state index contributed by atoms with van der Waals surface area (Å²) in [5.74, 6) is 0. The Labute approximate surface area is 298 Å². The van der Waals surface area contributed by atoms with E-state index in [-0.39, 0.29) is 58.2 Å². The summed E-state index contributed by atoms with van der Waals surface area (Å²) in [7, 11) is 0. The van der Waals surface area contributed by atoms with E-state index in [1.165, 1.54) is 0 Å². The zero-order valence-electron chi connectivity index (χ0n) is 36.0. The SMILES string of the molecule is [2H]c1c([2H])c([2H])c(-c2ccccc2-c2c3ccccc3c(-c3cccc4oc5c6c([2H])c([2H])c([2H])c([2H])c6c(-c6ccccc6)c([2H])c5c34)c3ccccc23)c([2H])c1[2H]. The van der Waals surface area contributed by atoms with Gasteiger partial charge in [0.25, 0.3) is 0 Å². The van der Waals surface area contributed by atoms with Crippen LogP contribution in [0.1, 0.15) is 13.7 Å². The molecule has 0 aliphatic rings. The lowest BCUT2D eigenvalue weighted by Crippen LogP contribution is -1.93. The minimum Gasteiger partial charge on any atom is -0.455 e. The average molecular weight is 633 g/mol. The van der Waals surface area contributed by atoms with Crippen molar-refractivity contribution in [2.75, 3.05) is 0 Å². The molecule has 9 aromatic carbocycles. The van der Waals surface area contributed by atoms with Crippen molar-refractivity contribution < 1.29 is 18.1 Å². The molecule has 1 heteroatoms. The third-order valence-corrected chi connectivity index (χ3v) is 9.36. The fraction of sp³-hybridized carbons (Fsp3) is 0. The van der Waals surface area contributed by atoms with Gasteiger partial charge in [0.05, 0.1) is 13.7 Å². The highest BCUT2D eigenvalue weighted by Gasteiger charge is 2.22. The molecule has 0 bridgehead atoms. The Bertz CT molecular complexity index is 3360. The predicted octanol–water partition coefficient (Wildman–Crippen LogP) is 13.7. The lowest BCUT2D eigenvalue weighted by Gasteiger charge is -2.20. The van der Waals surface area contributed by atoms with Crippen LogP contribution in [0.4, 0.5) is 0 Å². The Hall–Kier alpha value is -6.44. The Balaban J connectivity index is 1.37. The first kappa shape index (κ1) is 19.4. The first-order chi connectivity index (χ1) is 28.5. The summed E-state index contributed by atoms with van der Waals surface area (Å²) in [5.41, 5.74) is 5.41. The molecule has 1 aromatic heterocycles. The normalized spacial score (nSPS) is 14.5. The lowest BCUT2D eigenvalue weighted by molar-refractivity contribution is 0.673. The number of rotatable bonds is 4. The predicted molar refractivity (Wildman–Crippen MR) is 208 cm³/mol. The van der Waals surface area contributed by atoms with Gasteiger partial charge in [-0.3, -0.25) is 0 Å². The Morgan fingerprint density at radius 1 is 0.367 bits per heavy atom. The monoisotopic (exact) mass is 632 g/mol. The first-order valence-corrected chi connectivity index (χ1v) is 16.0. The molecule has 0 spiro atoms. The molecular weight excluding hydrogens is 593 g/mol. The van der Waals surface area contributed by atoms with E-state index in [0.717, 1.165) is 38.2 Å². The number of hydrogen-bond acceptors (Lipinski definition) is 1. The molecular formula is C48H30O. The Kier molecular flexibility index (Phi) is 4.39. The van der Waals surface area contributed by atoms with Crippen molar-refractivity contribution in [3.63, 3.8) is 0 Å². The van der Waals surface area contributed by atoms with Crippen LogP contribution in [0.5, 0.6) is 0 Å². The molecule has 10 aromatic rings. The van der Waals surface area contributed by atoms with Crippen molar-refractivity contribution in [1.82, 2.24) is 0 Å². The van der Waals surface area contributed by atoms with Crippen LogP contribution in [0.2, 0.25) is 0 Å². The summed E-state index contributed by atoms with van der Waals surface area (Å²) in [5, 5.41) is 4.89. The van der Waals surface area contributed by atoms with E-state index in [0.29, 0.717) is 38.6 Å². The summed E-state index contributed by atoms with van der Waals surface area (Å²) in [6, 6.07) is 35.1. The molecule has 1 nitrogen and oxygen atoms in total. The molecule has 228 valence electrons. The second-order valence-electron chi connectivity index (χ2n) is 12.0. The van der Waals surface area contributed by atoms with Crippen molar-refractivity contribution in [1.29, 1.82) is 0 Å². The van der Waals surface area contributed by atoms with Gasteiger partial charge < -0.3 is 4.42 Å². The standard InChI is InChI=1S/C48H30O/c1-3-16-31(17-4-1)33-20-7-9-22-35(33)45-36-23-10-12-25-38(36)46(39-26-13-11-24-37(39)45)41-28-15-29-44-47(41)43-30-42(32-18-5-2-6-19-32)34-21-8-14-27-40(34)48(43)49-44/h1-30H/i1D,3D,4D,8D,14D,16D,17D,21D,27D,30D. The van der Waals surface area contributed by atoms with Gasteiger partial charge in [0.1, 0.15) is 11.2 Å². The largest absolute Gasteiger partial charge is 0.455 e. The summed E-state index contributed by atoms with van der Waals surface area (Å²) < 4.78 is 94.8. The van der Waals surface area contributed by atoms with Gasteiger partial charge in [-0.1, -0.05) is 170 Å². The highest BCUT2D eigenvalue weighted by atomic mass is 16.3. The van der Waals surface area contributed by atoms with E-state index in [9.17, 15) is 1.37 Å². The maximum Gasteiger partial charge on any atom is 0.143 e. The smallest absolute Gasteiger partial charge is 0.143 e. The minimum absolute atomic E-state index is 0.0766. The summed E-state index contributed by atoms with van der Waals surface area (Å²) in [4.78, 5) is 0. The molecule has 0 fully saturated rings. The van der Waals surface area contributed by atoms with Crippen LogP contribution in [0.15, 0.2) is 186 Å². The van der Waals surface area contributed by atoms with Crippen LogP contribution >= 0.6 is 0 Å². The van der Waals surface area contributed by atoms with Crippen LogP contribution in [0.25, 0.3) is 98.8 Å². The van der Waals surface area contributed by atoms with Gasteiger partial charge in [0.2, 0.25) is 0 Å². The summed E-state index contributed by atoms with van der Waals surface area (Å²) in [6.07, 6.45) is 0. The summed E-state index contributed by atoms with van der Waals surface area (Å²) >= 11 is 0. The molecule has 0 saturated carbocycles. The quantitative estimate of drug-likeness (QED) is 0.176. The highest BCUT2D eigenvalue weighted by molar-refractivity contribution is 6.28. The van der Waals surface area contributed by atoms with Gasteiger partial charge in [-0.25, -0.2) is 0 Å². The van der Waals surface area contributed by atoms with Gasteiger partial charge in [0, 0.05) is 16.2 Å². The van der Waals surface area contributed by atoms with Gasteiger partial charge in [-0.15, -0.1) is 0 Å². The van der Waals surface area contributed by atoms with Crippen LogP contribution in [-0.2, 0) is 0 Å². The molecule has 0 atom stereocenters. The molecule has 0 aliphatic carbocycles. The van der Waals surface area contributed by atoms with E-state index in [4.69, 9.17) is 16.8 Å². The topological polar surface area (TPSA) is 13.1 Å². The van der Waals surface area contributed by atoms with Crippen LogP contribution < -0.4 is 0 Å². The van der Waals surface area contributed by atoms with Crippen molar-refractivity contribution in [2.24, 2.45) is 0 Å². The molecule has 0 amide bonds. The van der Waals surface area contributed by atoms with E-state index in [2.05, 4.69) is 0 Å². The second kappa shape index (κ2) is 11.1. The molecule has 0 radical (unpaired) electrons. The maximum absolute atomic E-state index is 9.88. The van der Waals surface area contributed by atoms with Gasteiger partial charge in [-0.2, -0.15) is 0 Å². The Morgan fingerprint density at radius 3 is 1.61 bits per heavy atom. The van der Waals surface area contributed by atoms with E-state index >= 15 is 0 Å². The van der Waals surface area contributed by atoms with Crippen molar-refractivity contribution in [3.8, 4) is 44.5 Å². The molecule has 0 saturated heterocycles.